The van der Waals surface area contributed by atoms with Crippen molar-refractivity contribution < 1.29 is 4.79 Å². The first-order chi connectivity index (χ1) is 9.43. The van der Waals surface area contributed by atoms with Gasteiger partial charge in [0, 0.05) is 19.8 Å². The molecule has 0 N–H and O–H groups in total. The van der Waals surface area contributed by atoms with Crippen LogP contribution in [0, 0.1) is 6.92 Å². The van der Waals surface area contributed by atoms with Crippen LogP contribution < -0.4 is 5.56 Å². The summed E-state index contributed by atoms with van der Waals surface area (Å²) in [6, 6.07) is 9.01. The van der Waals surface area contributed by atoms with E-state index in [1.54, 1.807) is 33.2 Å². The third kappa shape index (κ3) is 2.44. The highest BCUT2D eigenvalue weighted by Gasteiger charge is 2.20. The molecular formula is C14H14ClN3O2. The van der Waals surface area contributed by atoms with Crippen LogP contribution in [-0.4, -0.2) is 34.5 Å². The summed E-state index contributed by atoms with van der Waals surface area (Å²) in [5.74, 6) is -0.471. The molecule has 2 aromatic rings. The maximum Gasteiger partial charge on any atom is 0.287 e. The Bertz CT molecular complexity index is 708. The lowest BCUT2D eigenvalue weighted by atomic mass is 10.3. The van der Waals surface area contributed by atoms with E-state index in [-0.39, 0.29) is 10.8 Å². The number of nitrogens with zero attached hydrogens (tertiary/aromatic N) is 3. The Balaban J connectivity index is 2.76. The number of carbonyl (C=O) groups excluding carboxylic acids is 1. The molecule has 0 aliphatic carbocycles. The van der Waals surface area contributed by atoms with Crippen molar-refractivity contribution in [3.05, 3.63) is 57.2 Å². The van der Waals surface area contributed by atoms with Crippen LogP contribution in [-0.2, 0) is 0 Å². The molecule has 1 amide bonds. The number of hydrogen-bond acceptors (Lipinski definition) is 3. The van der Waals surface area contributed by atoms with E-state index in [0.717, 1.165) is 0 Å². The van der Waals surface area contributed by atoms with Crippen molar-refractivity contribution in [1.82, 2.24) is 14.5 Å². The first kappa shape index (κ1) is 14.3. The van der Waals surface area contributed by atoms with Gasteiger partial charge in [-0.1, -0.05) is 29.8 Å². The Labute approximate surface area is 121 Å². The van der Waals surface area contributed by atoms with Gasteiger partial charge < -0.3 is 4.90 Å². The van der Waals surface area contributed by atoms with Crippen LogP contribution in [0.15, 0.2) is 35.1 Å². The van der Waals surface area contributed by atoms with Crippen molar-refractivity contribution >= 4 is 17.5 Å². The van der Waals surface area contributed by atoms with Crippen LogP contribution in [0.2, 0.25) is 5.15 Å². The van der Waals surface area contributed by atoms with E-state index in [4.69, 9.17) is 11.6 Å². The fraction of sp³-hybridized carbons (Fsp3) is 0.214. The summed E-state index contributed by atoms with van der Waals surface area (Å²) >= 11 is 6.05. The molecule has 0 saturated carbocycles. The van der Waals surface area contributed by atoms with Crippen molar-refractivity contribution in [2.45, 2.75) is 6.92 Å². The molecule has 0 aliphatic rings. The average molecular weight is 292 g/mol. The zero-order chi connectivity index (χ0) is 14.9. The molecule has 0 aliphatic heterocycles. The third-order valence-electron chi connectivity index (χ3n) is 2.87. The summed E-state index contributed by atoms with van der Waals surface area (Å²) in [5, 5.41) is 0.138. The smallest absolute Gasteiger partial charge is 0.287 e. The van der Waals surface area contributed by atoms with Crippen LogP contribution in [0.25, 0.3) is 5.69 Å². The van der Waals surface area contributed by atoms with Gasteiger partial charge in [-0.05, 0) is 19.1 Å². The van der Waals surface area contributed by atoms with E-state index >= 15 is 0 Å². The van der Waals surface area contributed by atoms with E-state index in [2.05, 4.69) is 4.98 Å². The van der Waals surface area contributed by atoms with Crippen LogP contribution in [0.4, 0.5) is 0 Å². The zero-order valence-corrected chi connectivity index (χ0v) is 12.2. The number of benzene rings is 1. The Hall–Kier alpha value is -2.14. The fourth-order valence-corrected chi connectivity index (χ4v) is 1.99. The fourth-order valence-electron chi connectivity index (χ4n) is 1.82. The predicted octanol–water partition coefficient (Wildman–Crippen LogP) is 1.90. The topological polar surface area (TPSA) is 55.2 Å². The maximum atomic E-state index is 12.5. The summed E-state index contributed by atoms with van der Waals surface area (Å²) < 4.78 is 1.39. The van der Waals surface area contributed by atoms with E-state index in [9.17, 15) is 9.59 Å². The summed E-state index contributed by atoms with van der Waals surface area (Å²) in [7, 11) is 3.12. The number of halogens is 1. The van der Waals surface area contributed by atoms with Gasteiger partial charge in [0.15, 0.2) is 5.69 Å². The molecule has 0 saturated heterocycles. The van der Waals surface area contributed by atoms with Gasteiger partial charge >= 0.3 is 0 Å². The Kier molecular flexibility index (Phi) is 3.90. The highest BCUT2D eigenvalue weighted by molar-refractivity contribution is 6.30. The van der Waals surface area contributed by atoms with Crippen molar-refractivity contribution in [3.8, 4) is 5.69 Å². The van der Waals surface area contributed by atoms with Crippen molar-refractivity contribution in [2.24, 2.45) is 0 Å². The lowest BCUT2D eigenvalue weighted by molar-refractivity contribution is 0.0819. The molecule has 0 radical (unpaired) electrons. The van der Waals surface area contributed by atoms with Crippen LogP contribution in [0.3, 0.4) is 0 Å². The lowest BCUT2D eigenvalue weighted by Crippen LogP contribution is -2.34. The lowest BCUT2D eigenvalue weighted by Gasteiger charge is -2.14. The molecule has 0 bridgehead atoms. The van der Waals surface area contributed by atoms with Gasteiger partial charge in [-0.15, -0.1) is 0 Å². The molecule has 20 heavy (non-hydrogen) atoms. The Morgan fingerprint density at radius 3 is 2.40 bits per heavy atom. The first-order valence-electron chi connectivity index (χ1n) is 5.99. The van der Waals surface area contributed by atoms with Gasteiger partial charge in [-0.25, -0.2) is 4.98 Å². The Morgan fingerprint density at radius 1 is 1.25 bits per heavy atom. The minimum absolute atomic E-state index is 0.138. The van der Waals surface area contributed by atoms with Crippen LogP contribution in [0.5, 0.6) is 0 Å². The molecule has 2 rings (SSSR count). The minimum Gasteiger partial charge on any atom is -0.343 e. The monoisotopic (exact) mass is 291 g/mol. The molecule has 5 nitrogen and oxygen atoms in total. The highest BCUT2D eigenvalue weighted by Crippen LogP contribution is 2.15. The van der Waals surface area contributed by atoms with E-state index < -0.39 is 11.5 Å². The van der Waals surface area contributed by atoms with E-state index in [1.165, 1.54) is 9.47 Å². The molecule has 6 heteroatoms. The molecular weight excluding hydrogens is 278 g/mol. The van der Waals surface area contributed by atoms with Gasteiger partial charge in [0.25, 0.3) is 11.5 Å². The Morgan fingerprint density at radius 2 is 1.85 bits per heavy atom. The van der Waals surface area contributed by atoms with Gasteiger partial charge in [0.05, 0.1) is 5.69 Å². The van der Waals surface area contributed by atoms with Gasteiger partial charge in [-0.3, -0.25) is 14.2 Å². The number of aromatic nitrogens is 2. The number of amides is 1. The normalized spacial score (nSPS) is 10.4. The molecule has 1 aromatic heterocycles. The van der Waals surface area contributed by atoms with E-state index in [1.807, 2.05) is 18.2 Å². The summed E-state index contributed by atoms with van der Waals surface area (Å²) in [6.07, 6.45) is 0. The molecule has 0 fully saturated rings. The standard InChI is InChI=1S/C14H14ClN3O2/c1-9-12(15)16-11(13(19)17(2)3)14(20)18(9)10-7-5-4-6-8-10/h4-8H,1-3H3. The molecule has 1 heterocycles. The second-order valence-electron chi connectivity index (χ2n) is 4.51. The highest BCUT2D eigenvalue weighted by atomic mass is 35.5. The molecule has 0 atom stereocenters. The summed E-state index contributed by atoms with van der Waals surface area (Å²) in [5.41, 5.74) is 0.483. The second-order valence-corrected chi connectivity index (χ2v) is 4.87. The van der Waals surface area contributed by atoms with E-state index in [0.29, 0.717) is 11.4 Å². The average Bonchev–Trinajstić information content (AvgIpc) is 2.43. The largest absolute Gasteiger partial charge is 0.343 e. The summed E-state index contributed by atoms with van der Waals surface area (Å²) in [6.45, 7) is 1.69. The number of rotatable bonds is 2. The number of carbonyl (C=O) groups is 1. The number of para-hydroxylation sites is 1. The number of hydrogen-bond donors (Lipinski definition) is 0. The first-order valence-corrected chi connectivity index (χ1v) is 6.37. The van der Waals surface area contributed by atoms with Gasteiger partial charge in [0.2, 0.25) is 0 Å². The zero-order valence-electron chi connectivity index (χ0n) is 11.4. The predicted molar refractivity (Wildman–Crippen MR) is 77.6 cm³/mol. The molecule has 0 unspecified atom stereocenters. The maximum absolute atomic E-state index is 12.5. The van der Waals surface area contributed by atoms with Gasteiger partial charge in [0.1, 0.15) is 5.15 Å². The molecule has 1 aromatic carbocycles. The van der Waals surface area contributed by atoms with Crippen molar-refractivity contribution in [1.29, 1.82) is 0 Å². The van der Waals surface area contributed by atoms with Crippen LogP contribution >= 0.6 is 11.6 Å². The van der Waals surface area contributed by atoms with Crippen molar-refractivity contribution in [2.75, 3.05) is 14.1 Å². The molecule has 104 valence electrons. The quantitative estimate of drug-likeness (QED) is 0.849. The van der Waals surface area contributed by atoms with Crippen molar-refractivity contribution in [3.63, 3.8) is 0 Å². The SMILES string of the molecule is Cc1c(Cl)nc(C(=O)N(C)C)c(=O)n1-c1ccccc1. The second kappa shape index (κ2) is 5.46. The molecule has 0 spiro atoms. The minimum atomic E-state index is -0.475. The van der Waals surface area contributed by atoms with Gasteiger partial charge in [-0.2, -0.15) is 0 Å². The van der Waals surface area contributed by atoms with Crippen LogP contribution in [0.1, 0.15) is 16.2 Å². The third-order valence-corrected chi connectivity index (χ3v) is 3.23. The summed E-state index contributed by atoms with van der Waals surface area (Å²) in [4.78, 5) is 29.7.